The van der Waals surface area contributed by atoms with E-state index in [4.69, 9.17) is 11.6 Å². The summed E-state index contributed by atoms with van der Waals surface area (Å²) < 4.78 is 1.25. The number of alkyl halides is 1. The molecule has 0 fully saturated rings. The van der Waals surface area contributed by atoms with Gasteiger partial charge in [0.1, 0.15) is 0 Å². The average molecular weight is 291 g/mol. The van der Waals surface area contributed by atoms with E-state index in [-0.39, 0.29) is 0 Å². The van der Waals surface area contributed by atoms with Crippen LogP contribution in [0.15, 0.2) is 0 Å². The van der Waals surface area contributed by atoms with Crippen LogP contribution in [-0.4, -0.2) is 37.0 Å². The smallest absolute Gasteiger partial charge is 0.0796 e. The van der Waals surface area contributed by atoms with Crippen molar-refractivity contribution in [2.75, 3.05) is 32.6 Å². The van der Waals surface area contributed by atoms with Gasteiger partial charge < -0.3 is 4.48 Å². The van der Waals surface area contributed by atoms with E-state index in [1.165, 1.54) is 88.3 Å². The van der Waals surface area contributed by atoms with E-state index in [0.29, 0.717) is 0 Å². The quantitative estimate of drug-likeness (QED) is 0.221. The Morgan fingerprint density at radius 2 is 1.05 bits per heavy atom. The molecule has 0 radical (unpaired) electrons. The molecule has 0 aliphatic rings. The van der Waals surface area contributed by atoms with Gasteiger partial charge in [0, 0.05) is 12.3 Å². The lowest BCUT2D eigenvalue weighted by atomic mass is 10.1. The van der Waals surface area contributed by atoms with Crippen LogP contribution in [0, 0.1) is 0 Å². The highest BCUT2D eigenvalue weighted by Gasteiger charge is 2.19. The van der Waals surface area contributed by atoms with E-state index in [0.717, 1.165) is 5.88 Å². The number of hydrogen-bond acceptors (Lipinski definition) is 0. The van der Waals surface area contributed by atoms with Crippen LogP contribution in [0.2, 0.25) is 0 Å². The Kier molecular flexibility index (Phi) is 13.4. The van der Waals surface area contributed by atoms with Crippen molar-refractivity contribution in [1.82, 2.24) is 0 Å². The van der Waals surface area contributed by atoms with Gasteiger partial charge in [0.25, 0.3) is 0 Å². The van der Waals surface area contributed by atoms with E-state index in [2.05, 4.69) is 20.9 Å². The summed E-state index contributed by atoms with van der Waals surface area (Å²) in [5.74, 6) is 0.818. The number of rotatable bonds is 14. The minimum atomic E-state index is 0.818. The lowest BCUT2D eigenvalue weighted by Gasteiger charge is -2.35. The zero-order valence-electron chi connectivity index (χ0n) is 13.7. The molecule has 0 spiro atoms. The third kappa shape index (κ3) is 11.8. The predicted octanol–water partition coefficient (Wildman–Crippen LogP) is 5.61. The fourth-order valence-corrected chi connectivity index (χ4v) is 2.91. The van der Waals surface area contributed by atoms with Gasteiger partial charge >= 0.3 is 0 Å². The molecular weight excluding hydrogens is 254 g/mol. The molecule has 0 aromatic rings. The summed E-state index contributed by atoms with van der Waals surface area (Å²) in [6.45, 7) is 8.54. The van der Waals surface area contributed by atoms with Crippen LogP contribution in [0.1, 0.15) is 78.1 Å². The van der Waals surface area contributed by atoms with Crippen LogP contribution in [0.3, 0.4) is 0 Å². The molecule has 0 aliphatic heterocycles. The van der Waals surface area contributed by atoms with Crippen molar-refractivity contribution in [2.45, 2.75) is 78.1 Å². The number of unbranched alkanes of at least 4 members (excludes halogenated alkanes) is 7. The van der Waals surface area contributed by atoms with Gasteiger partial charge in [0.2, 0.25) is 0 Å². The van der Waals surface area contributed by atoms with E-state index < -0.39 is 0 Å². The van der Waals surface area contributed by atoms with Gasteiger partial charge in [-0.2, -0.15) is 0 Å². The lowest BCUT2D eigenvalue weighted by molar-refractivity contribution is -0.910. The number of nitrogens with zero attached hydrogens (tertiary/aromatic N) is 1. The van der Waals surface area contributed by atoms with Crippen molar-refractivity contribution in [1.29, 1.82) is 0 Å². The van der Waals surface area contributed by atoms with E-state index >= 15 is 0 Å². The van der Waals surface area contributed by atoms with Gasteiger partial charge in [0.05, 0.1) is 26.7 Å². The highest BCUT2D eigenvalue weighted by molar-refractivity contribution is 6.17. The van der Waals surface area contributed by atoms with E-state index in [1.54, 1.807) is 0 Å². The highest BCUT2D eigenvalue weighted by Crippen LogP contribution is 2.13. The summed E-state index contributed by atoms with van der Waals surface area (Å²) in [7, 11) is 2.44. The molecule has 0 heterocycles. The van der Waals surface area contributed by atoms with Gasteiger partial charge in [-0.1, -0.05) is 46.0 Å². The topological polar surface area (TPSA) is 0 Å². The van der Waals surface area contributed by atoms with Gasteiger partial charge in [-0.3, -0.25) is 0 Å². The second-order valence-corrected chi connectivity index (χ2v) is 6.69. The first-order valence-corrected chi connectivity index (χ1v) is 9.11. The molecule has 1 nitrogen and oxygen atoms in total. The summed E-state index contributed by atoms with van der Waals surface area (Å²) in [5.41, 5.74) is 0. The molecule has 0 amide bonds. The number of quaternary nitrogens is 1. The molecule has 0 aliphatic carbocycles. The molecule has 0 aromatic heterocycles. The van der Waals surface area contributed by atoms with Crippen molar-refractivity contribution in [3.05, 3.63) is 0 Å². The van der Waals surface area contributed by atoms with Crippen molar-refractivity contribution in [3.63, 3.8) is 0 Å². The summed E-state index contributed by atoms with van der Waals surface area (Å²) in [6.07, 6.45) is 13.7. The first-order chi connectivity index (χ1) is 9.18. The Morgan fingerprint density at radius 3 is 1.63 bits per heavy atom. The van der Waals surface area contributed by atoms with Gasteiger partial charge in [0.15, 0.2) is 0 Å². The van der Waals surface area contributed by atoms with Crippen molar-refractivity contribution >= 4 is 11.6 Å². The van der Waals surface area contributed by atoms with Crippen LogP contribution in [-0.2, 0) is 0 Å². The third-order valence-electron chi connectivity index (χ3n) is 4.18. The maximum atomic E-state index is 5.88. The monoisotopic (exact) mass is 290 g/mol. The molecule has 0 saturated carbocycles. The maximum absolute atomic E-state index is 5.88. The Morgan fingerprint density at radius 1 is 0.632 bits per heavy atom. The second kappa shape index (κ2) is 13.2. The molecule has 2 heteroatoms. The summed E-state index contributed by atoms with van der Waals surface area (Å²) in [5, 5.41) is 0. The molecule has 1 unspecified atom stereocenters. The molecule has 0 rings (SSSR count). The van der Waals surface area contributed by atoms with Gasteiger partial charge in [-0.15, -0.1) is 11.6 Å². The van der Waals surface area contributed by atoms with Gasteiger partial charge in [-0.25, -0.2) is 0 Å². The number of halogens is 1. The molecule has 19 heavy (non-hydrogen) atoms. The predicted molar refractivity (Wildman–Crippen MR) is 89.0 cm³/mol. The average Bonchev–Trinajstić information content (AvgIpc) is 2.41. The minimum absolute atomic E-state index is 0.818. The summed E-state index contributed by atoms with van der Waals surface area (Å²) >= 11 is 5.88. The summed E-state index contributed by atoms with van der Waals surface area (Å²) in [4.78, 5) is 0. The molecule has 116 valence electrons. The zero-order chi connectivity index (χ0) is 14.4. The van der Waals surface area contributed by atoms with Crippen LogP contribution < -0.4 is 0 Å². The molecule has 0 N–H and O–H groups in total. The van der Waals surface area contributed by atoms with E-state index in [1.807, 2.05) is 0 Å². The lowest BCUT2D eigenvalue weighted by Crippen LogP contribution is -2.46. The molecule has 1 atom stereocenters. The fraction of sp³-hybridized carbons (Fsp3) is 1.00. The van der Waals surface area contributed by atoms with Crippen LogP contribution in [0.4, 0.5) is 0 Å². The van der Waals surface area contributed by atoms with Crippen molar-refractivity contribution in [3.8, 4) is 0 Å². The van der Waals surface area contributed by atoms with Crippen LogP contribution in [0.25, 0.3) is 0 Å². The van der Waals surface area contributed by atoms with Crippen LogP contribution in [0.5, 0.6) is 0 Å². The highest BCUT2D eigenvalue weighted by atomic mass is 35.5. The Balaban J connectivity index is 3.83. The van der Waals surface area contributed by atoms with Crippen LogP contribution >= 0.6 is 11.6 Å². The largest absolute Gasteiger partial charge is 0.326 e. The normalized spacial score (nSPS) is 14.5. The zero-order valence-corrected chi connectivity index (χ0v) is 14.5. The van der Waals surface area contributed by atoms with Crippen molar-refractivity contribution in [2.24, 2.45) is 0 Å². The van der Waals surface area contributed by atoms with Gasteiger partial charge in [-0.05, 0) is 25.7 Å². The Labute approximate surface area is 127 Å². The molecule has 0 aromatic carbocycles. The standard InChI is InChI=1S/C17H37ClN/c1-4-6-8-9-10-12-16-19(3,17-13-14-18)15-11-7-5-2/h4-17H2,1-3H3/q+1. The Bertz CT molecular complexity index is 184. The van der Waals surface area contributed by atoms with E-state index in [9.17, 15) is 0 Å². The fourth-order valence-electron chi connectivity index (χ4n) is 2.79. The summed E-state index contributed by atoms with van der Waals surface area (Å²) in [6, 6.07) is 0. The maximum Gasteiger partial charge on any atom is 0.0796 e. The number of hydrogen-bond donors (Lipinski definition) is 0. The third-order valence-corrected chi connectivity index (χ3v) is 4.45. The first kappa shape index (κ1) is 19.2. The second-order valence-electron chi connectivity index (χ2n) is 6.31. The Hall–Kier alpha value is 0.250. The molecule has 0 bridgehead atoms. The SMILES string of the molecule is CCCCCCCC[N+](C)(CCCCl)CCCCC. The van der Waals surface area contributed by atoms with Crippen molar-refractivity contribution < 1.29 is 4.48 Å². The minimum Gasteiger partial charge on any atom is -0.326 e. The first-order valence-electron chi connectivity index (χ1n) is 8.58. The molecule has 0 saturated heterocycles. The molecular formula is C17H37ClN+.